The van der Waals surface area contributed by atoms with Gasteiger partial charge in [0.15, 0.2) is 0 Å². The zero-order valence-electron chi connectivity index (χ0n) is 37.8. The second-order valence-corrected chi connectivity index (χ2v) is 17.8. The maximum Gasteiger partial charge on any atom is 0.101 e. The minimum atomic E-state index is -0.561. The van der Waals surface area contributed by atoms with Gasteiger partial charge in [0, 0.05) is 38.7 Å². The molecule has 1 aliphatic carbocycles. The molecule has 2 aromatic heterocycles. The Labute approximate surface area is 402 Å². The SMILES string of the molecule is c1ccc(-c2ccc(N(c3cccc4c3-c3ccccc3C4(c3ccccc3)c3ccccc3)c3cccc4c3cc(-c3ccccc3)n3nc(-c5ccccc5)c(-c5ccccc5)c43)cc2)cc1. The van der Waals surface area contributed by atoms with E-state index in [1.165, 1.54) is 44.5 Å². The van der Waals surface area contributed by atoms with Crippen molar-refractivity contribution in [2.24, 2.45) is 0 Å². The van der Waals surface area contributed by atoms with E-state index in [0.717, 1.165) is 67.0 Å². The Hall–Kier alpha value is -9.05. The molecule has 3 heteroatoms. The summed E-state index contributed by atoms with van der Waals surface area (Å²) in [6, 6.07) is 99.2. The summed E-state index contributed by atoms with van der Waals surface area (Å²) < 4.78 is 2.19. The smallest absolute Gasteiger partial charge is 0.101 e. The first-order chi connectivity index (χ1) is 34.3. The molecule has 10 aromatic carbocycles. The Morgan fingerprint density at radius 1 is 0.348 bits per heavy atom. The maximum atomic E-state index is 5.56. The lowest BCUT2D eigenvalue weighted by Gasteiger charge is -2.34. The Morgan fingerprint density at radius 3 is 1.48 bits per heavy atom. The van der Waals surface area contributed by atoms with Crippen LogP contribution in [-0.4, -0.2) is 9.61 Å². The molecule has 0 radical (unpaired) electrons. The Balaban J connectivity index is 1.15. The lowest BCUT2D eigenvalue weighted by molar-refractivity contribution is 0.768. The number of aromatic nitrogens is 2. The van der Waals surface area contributed by atoms with Gasteiger partial charge < -0.3 is 4.90 Å². The highest BCUT2D eigenvalue weighted by atomic mass is 15.2. The quantitative estimate of drug-likeness (QED) is 0.144. The first-order valence-electron chi connectivity index (χ1n) is 23.7. The van der Waals surface area contributed by atoms with E-state index in [1.54, 1.807) is 0 Å². The van der Waals surface area contributed by atoms with Crippen LogP contribution in [0, 0.1) is 0 Å². The number of pyridine rings is 1. The number of nitrogens with zero attached hydrogens (tertiary/aromatic N) is 3. The highest BCUT2D eigenvalue weighted by Gasteiger charge is 2.47. The van der Waals surface area contributed by atoms with Crippen LogP contribution in [0.2, 0.25) is 0 Å². The number of hydrogen-bond donors (Lipinski definition) is 0. The van der Waals surface area contributed by atoms with Gasteiger partial charge in [-0.05, 0) is 74.8 Å². The normalized spacial score (nSPS) is 12.5. The van der Waals surface area contributed by atoms with Gasteiger partial charge in [-0.25, -0.2) is 4.52 Å². The largest absolute Gasteiger partial charge is 0.309 e. The van der Waals surface area contributed by atoms with Crippen LogP contribution in [0.1, 0.15) is 22.3 Å². The van der Waals surface area contributed by atoms with Crippen LogP contribution < -0.4 is 4.90 Å². The van der Waals surface area contributed by atoms with Crippen LogP contribution in [-0.2, 0) is 5.41 Å². The summed E-state index contributed by atoms with van der Waals surface area (Å²) in [5, 5.41) is 7.80. The number of benzene rings is 10. The summed E-state index contributed by atoms with van der Waals surface area (Å²) in [7, 11) is 0. The van der Waals surface area contributed by atoms with E-state index in [0.29, 0.717) is 0 Å². The molecule has 0 bridgehead atoms. The fraction of sp³-hybridized carbons (Fsp3) is 0.0152. The van der Waals surface area contributed by atoms with Crippen molar-refractivity contribution >= 4 is 33.4 Å². The zero-order valence-corrected chi connectivity index (χ0v) is 37.8. The molecule has 0 saturated heterocycles. The highest BCUT2D eigenvalue weighted by Crippen LogP contribution is 2.60. The predicted octanol–water partition coefficient (Wildman–Crippen LogP) is 17.0. The third kappa shape index (κ3) is 6.47. The van der Waals surface area contributed by atoms with Crippen molar-refractivity contribution in [3.63, 3.8) is 0 Å². The molecule has 13 rings (SSSR count). The minimum absolute atomic E-state index is 0.561. The molecule has 0 spiro atoms. The minimum Gasteiger partial charge on any atom is -0.309 e. The second-order valence-electron chi connectivity index (χ2n) is 17.8. The topological polar surface area (TPSA) is 20.5 Å². The molecule has 0 amide bonds. The van der Waals surface area contributed by atoms with Crippen LogP contribution in [0.5, 0.6) is 0 Å². The molecule has 3 nitrogen and oxygen atoms in total. The Bertz CT molecular complexity index is 3750. The molecular weight excluding hydrogens is 835 g/mol. The van der Waals surface area contributed by atoms with E-state index in [-0.39, 0.29) is 0 Å². The summed E-state index contributed by atoms with van der Waals surface area (Å²) in [6.45, 7) is 0. The van der Waals surface area contributed by atoms with E-state index in [2.05, 4.69) is 282 Å². The van der Waals surface area contributed by atoms with Gasteiger partial charge in [-0.15, -0.1) is 0 Å². The zero-order chi connectivity index (χ0) is 45.7. The fourth-order valence-corrected chi connectivity index (χ4v) is 11.1. The Kier molecular flexibility index (Phi) is 9.73. The lowest BCUT2D eigenvalue weighted by atomic mass is 9.68. The molecule has 0 atom stereocenters. The molecule has 324 valence electrons. The third-order valence-electron chi connectivity index (χ3n) is 14.1. The fourth-order valence-electron chi connectivity index (χ4n) is 11.1. The summed E-state index contributed by atoms with van der Waals surface area (Å²) in [5.74, 6) is 0. The highest BCUT2D eigenvalue weighted by molar-refractivity contribution is 6.14. The maximum absolute atomic E-state index is 5.56. The van der Waals surface area contributed by atoms with Crippen molar-refractivity contribution < 1.29 is 0 Å². The van der Waals surface area contributed by atoms with Crippen molar-refractivity contribution in [1.29, 1.82) is 0 Å². The Morgan fingerprint density at radius 2 is 0.841 bits per heavy atom. The second kappa shape index (κ2) is 16.7. The lowest BCUT2D eigenvalue weighted by Crippen LogP contribution is -2.28. The predicted molar refractivity (Wildman–Crippen MR) is 286 cm³/mol. The van der Waals surface area contributed by atoms with Gasteiger partial charge in [-0.3, -0.25) is 0 Å². The number of rotatable bonds is 9. The molecule has 0 saturated carbocycles. The van der Waals surface area contributed by atoms with Crippen LogP contribution in [0.3, 0.4) is 0 Å². The first kappa shape index (κ1) is 40.2. The van der Waals surface area contributed by atoms with Crippen molar-refractivity contribution in [2.45, 2.75) is 5.41 Å². The standard InChI is InChI=1S/C66H45N3/c1-7-23-46(24-8-1)47-41-43-53(44-42-47)68(60-40-22-38-58-63(60)55-35-19-20-37-57(55)66(58,51-31-15-5-16-32-51)52-33-17-6-18-34-52)59-39-21-36-54-56(59)45-61(48-25-9-2-10-26-48)69-65(54)62(49-27-11-3-12-28-49)64(67-69)50-29-13-4-14-30-50/h1-45H. The summed E-state index contributed by atoms with van der Waals surface area (Å²) in [5.41, 5.74) is 19.9. The van der Waals surface area contributed by atoms with Crippen molar-refractivity contribution in [3.8, 4) is 55.9 Å². The molecule has 69 heavy (non-hydrogen) atoms. The molecule has 0 N–H and O–H groups in total. The van der Waals surface area contributed by atoms with Gasteiger partial charge in [0.05, 0.1) is 28.0 Å². The van der Waals surface area contributed by atoms with Crippen molar-refractivity contribution in [3.05, 3.63) is 295 Å². The van der Waals surface area contributed by atoms with E-state index >= 15 is 0 Å². The van der Waals surface area contributed by atoms with Crippen LogP contribution in [0.15, 0.2) is 273 Å². The number of anilines is 3. The van der Waals surface area contributed by atoms with Gasteiger partial charge >= 0.3 is 0 Å². The third-order valence-corrected chi connectivity index (χ3v) is 14.1. The van der Waals surface area contributed by atoms with Crippen LogP contribution in [0.25, 0.3) is 72.2 Å². The van der Waals surface area contributed by atoms with E-state index in [9.17, 15) is 0 Å². The monoisotopic (exact) mass is 879 g/mol. The van der Waals surface area contributed by atoms with E-state index in [4.69, 9.17) is 5.10 Å². The molecular formula is C66H45N3. The molecule has 12 aromatic rings. The summed E-state index contributed by atoms with van der Waals surface area (Å²) >= 11 is 0. The molecule has 0 aliphatic heterocycles. The first-order valence-corrected chi connectivity index (χ1v) is 23.7. The van der Waals surface area contributed by atoms with Crippen molar-refractivity contribution in [2.75, 3.05) is 4.90 Å². The molecule has 0 fully saturated rings. The van der Waals surface area contributed by atoms with Gasteiger partial charge in [0.25, 0.3) is 0 Å². The average Bonchev–Trinajstić information content (AvgIpc) is 3.99. The van der Waals surface area contributed by atoms with Gasteiger partial charge in [-0.1, -0.05) is 243 Å². The summed E-state index contributed by atoms with van der Waals surface area (Å²) in [6.07, 6.45) is 0. The number of fused-ring (bicyclic) bond motifs is 6. The van der Waals surface area contributed by atoms with Gasteiger partial charge in [-0.2, -0.15) is 5.10 Å². The summed E-state index contributed by atoms with van der Waals surface area (Å²) in [4.78, 5) is 2.51. The van der Waals surface area contributed by atoms with E-state index < -0.39 is 5.41 Å². The van der Waals surface area contributed by atoms with Crippen LogP contribution in [0.4, 0.5) is 17.1 Å². The van der Waals surface area contributed by atoms with Gasteiger partial charge in [0.1, 0.15) is 5.69 Å². The molecule has 0 unspecified atom stereocenters. The van der Waals surface area contributed by atoms with Crippen molar-refractivity contribution in [1.82, 2.24) is 9.61 Å². The molecule has 2 heterocycles. The van der Waals surface area contributed by atoms with Gasteiger partial charge in [0.2, 0.25) is 0 Å². The average molecular weight is 880 g/mol. The van der Waals surface area contributed by atoms with Crippen LogP contribution >= 0.6 is 0 Å². The number of hydrogen-bond acceptors (Lipinski definition) is 2. The van der Waals surface area contributed by atoms with E-state index in [1.807, 2.05) is 0 Å². The molecule has 1 aliphatic rings.